The number of methoxy groups -OCH3 is 1. The average molecular weight is 233 g/mol. The fraction of sp³-hybridized carbons (Fsp3) is 1.00. The molecular formula is C12H27NO3. The van der Waals surface area contributed by atoms with Crippen molar-refractivity contribution in [2.75, 3.05) is 46.6 Å². The van der Waals surface area contributed by atoms with E-state index >= 15 is 0 Å². The summed E-state index contributed by atoms with van der Waals surface area (Å²) < 4.78 is 15.9. The van der Waals surface area contributed by atoms with Crippen molar-refractivity contribution in [2.24, 2.45) is 0 Å². The molecule has 0 saturated carbocycles. The Morgan fingerprint density at radius 1 is 1.12 bits per heavy atom. The summed E-state index contributed by atoms with van der Waals surface area (Å²) in [5.41, 5.74) is 0. The minimum Gasteiger partial charge on any atom is -0.385 e. The average Bonchev–Trinajstić information content (AvgIpc) is 2.28. The summed E-state index contributed by atoms with van der Waals surface area (Å²) in [5, 5.41) is 3.33. The molecule has 0 amide bonds. The topological polar surface area (TPSA) is 39.7 Å². The van der Waals surface area contributed by atoms with Crippen molar-refractivity contribution in [1.29, 1.82) is 0 Å². The first-order valence-corrected chi connectivity index (χ1v) is 6.20. The van der Waals surface area contributed by atoms with Gasteiger partial charge in [-0.25, -0.2) is 0 Å². The van der Waals surface area contributed by atoms with Crippen LogP contribution in [0.4, 0.5) is 0 Å². The summed E-state index contributed by atoms with van der Waals surface area (Å²) >= 11 is 0. The number of hydrogen-bond acceptors (Lipinski definition) is 4. The third kappa shape index (κ3) is 11.9. The van der Waals surface area contributed by atoms with Crippen molar-refractivity contribution < 1.29 is 14.2 Å². The highest BCUT2D eigenvalue weighted by molar-refractivity contribution is 4.55. The lowest BCUT2D eigenvalue weighted by Crippen LogP contribution is -2.29. The standard InChI is InChI=1S/C12H27NO3/c1-4-7-15-9-10-16-12(2)11-13-6-5-8-14-3/h12-13H,4-11H2,1-3H3. The van der Waals surface area contributed by atoms with E-state index in [2.05, 4.69) is 19.2 Å². The molecule has 1 unspecified atom stereocenters. The Morgan fingerprint density at radius 2 is 1.94 bits per heavy atom. The third-order valence-corrected chi connectivity index (χ3v) is 2.11. The minimum absolute atomic E-state index is 0.243. The molecule has 0 aromatic carbocycles. The van der Waals surface area contributed by atoms with E-state index in [1.54, 1.807) is 7.11 Å². The second kappa shape index (κ2) is 12.9. The van der Waals surface area contributed by atoms with Gasteiger partial charge in [-0.2, -0.15) is 0 Å². The van der Waals surface area contributed by atoms with Crippen LogP contribution in [0.1, 0.15) is 26.7 Å². The van der Waals surface area contributed by atoms with Gasteiger partial charge < -0.3 is 19.5 Å². The van der Waals surface area contributed by atoms with Crippen LogP contribution in [0.5, 0.6) is 0 Å². The zero-order chi connectivity index (χ0) is 12.1. The first kappa shape index (κ1) is 15.8. The summed E-state index contributed by atoms with van der Waals surface area (Å²) in [7, 11) is 1.72. The molecule has 0 spiro atoms. The lowest BCUT2D eigenvalue weighted by Gasteiger charge is -2.13. The summed E-state index contributed by atoms with van der Waals surface area (Å²) in [6.07, 6.45) is 2.35. The Morgan fingerprint density at radius 3 is 2.62 bits per heavy atom. The van der Waals surface area contributed by atoms with E-state index in [1.807, 2.05) is 0 Å². The van der Waals surface area contributed by atoms with Gasteiger partial charge >= 0.3 is 0 Å². The Balaban J connectivity index is 3.09. The first-order chi connectivity index (χ1) is 7.81. The van der Waals surface area contributed by atoms with Gasteiger partial charge in [-0.3, -0.25) is 0 Å². The van der Waals surface area contributed by atoms with E-state index < -0.39 is 0 Å². The second-order valence-corrected chi connectivity index (χ2v) is 3.84. The summed E-state index contributed by atoms with van der Waals surface area (Å²) in [6.45, 7) is 9.06. The Kier molecular flexibility index (Phi) is 12.8. The molecule has 0 aromatic heterocycles. The van der Waals surface area contributed by atoms with Crippen molar-refractivity contribution in [3.05, 3.63) is 0 Å². The van der Waals surface area contributed by atoms with Crippen LogP contribution in [0.2, 0.25) is 0 Å². The minimum atomic E-state index is 0.243. The fourth-order valence-electron chi connectivity index (χ4n) is 1.26. The number of rotatable bonds is 12. The zero-order valence-corrected chi connectivity index (χ0v) is 11.0. The molecule has 0 radical (unpaired) electrons. The van der Waals surface area contributed by atoms with Gasteiger partial charge in [0.25, 0.3) is 0 Å². The first-order valence-electron chi connectivity index (χ1n) is 6.20. The monoisotopic (exact) mass is 233 g/mol. The van der Waals surface area contributed by atoms with Crippen molar-refractivity contribution >= 4 is 0 Å². The van der Waals surface area contributed by atoms with Crippen LogP contribution in [0.25, 0.3) is 0 Å². The Bertz CT molecular complexity index is 119. The molecular weight excluding hydrogens is 206 g/mol. The van der Waals surface area contributed by atoms with Crippen LogP contribution >= 0.6 is 0 Å². The highest BCUT2D eigenvalue weighted by Gasteiger charge is 2.00. The molecule has 16 heavy (non-hydrogen) atoms. The number of nitrogens with one attached hydrogen (secondary N) is 1. The Hall–Kier alpha value is -0.160. The number of hydrogen-bond donors (Lipinski definition) is 1. The van der Waals surface area contributed by atoms with Gasteiger partial charge in [-0.1, -0.05) is 6.92 Å². The van der Waals surface area contributed by atoms with E-state index in [1.165, 1.54) is 0 Å². The Labute approximate surface area is 99.6 Å². The maximum absolute atomic E-state index is 5.58. The highest BCUT2D eigenvalue weighted by atomic mass is 16.5. The molecule has 0 fully saturated rings. The quantitative estimate of drug-likeness (QED) is 0.518. The van der Waals surface area contributed by atoms with E-state index in [-0.39, 0.29) is 6.10 Å². The van der Waals surface area contributed by atoms with Gasteiger partial charge in [0.2, 0.25) is 0 Å². The summed E-state index contributed by atoms with van der Waals surface area (Å²) in [5.74, 6) is 0. The molecule has 1 atom stereocenters. The lowest BCUT2D eigenvalue weighted by atomic mass is 10.3. The van der Waals surface area contributed by atoms with Crippen molar-refractivity contribution in [2.45, 2.75) is 32.8 Å². The van der Waals surface area contributed by atoms with Gasteiger partial charge in [-0.15, -0.1) is 0 Å². The molecule has 0 aromatic rings. The van der Waals surface area contributed by atoms with Gasteiger partial charge in [0.1, 0.15) is 0 Å². The van der Waals surface area contributed by atoms with Crippen molar-refractivity contribution in [1.82, 2.24) is 5.32 Å². The lowest BCUT2D eigenvalue weighted by molar-refractivity contribution is 0.0129. The summed E-state index contributed by atoms with van der Waals surface area (Å²) in [4.78, 5) is 0. The van der Waals surface area contributed by atoms with Gasteiger partial charge in [0, 0.05) is 26.9 Å². The van der Waals surface area contributed by atoms with Gasteiger partial charge in [0.05, 0.1) is 19.3 Å². The molecule has 0 bridgehead atoms. The van der Waals surface area contributed by atoms with E-state index in [0.29, 0.717) is 13.2 Å². The van der Waals surface area contributed by atoms with Crippen molar-refractivity contribution in [3.8, 4) is 0 Å². The van der Waals surface area contributed by atoms with Crippen LogP contribution in [0.15, 0.2) is 0 Å². The molecule has 0 rings (SSSR count). The smallest absolute Gasteiger partial charge is 0.0704 e. The van der Waals surface area contributed by atoms with Crippen molar-refractivity contribution in [3.63, 3.8) is 0 Å². The fourth-order valence-corrected chi connectivity index (χ4v) is 1.26. The second-order valence-electron chi connectivity index (χ2n) is 3.84. The predicted octanol–water partition coefficient (Wildman–Crippen LogP) is 1.44. The molecule has 4 heteroatoms. The van der Waals surface area contributed by atoms with E-state index in [9.17, 15) is 0 Å². The van der Waals surface area contributed by atoms with Crippen LogP contribution in [-0.2, 0) is 14.2 Å². The maximum Gasteiger partial charge on any atom is 0.0704 e. The van der Waals surface area contributed by atoms with Crippen LogP contribution in [-0.4, -0.2) is 52.7 Å². The van der Waals surface area contributed by atoms with E-state index in [0.717, 1.165) is 39.1 Å². The highest BCUT2D eigenvalue weighted by Crippen LogP contribution is 1.90. The normalized spacial score (nSPS) is 12.9. The zero-order valence-electron chi connectivity index (χ0n) is 11.0. The molecule has 0 aliphatic heterocycles. The van der Waals surface area contributed by atoms with Crippen LogP contribution in [0, 0.1) is 0 Å². The largest absolute Gasteiger partial charge is 0.385 e. The molecule has 4 nitrogen and oxygen atoms in total. The SMILES string of the molecule is CCCOCCOC(C)CNCCCOC. The predicted molar refractivity (Wildman–Crippen MR) is 65.9 cm³/mol. The molecule has 1 N–H and O–H groups in total. The van der Waals surface area contributed by atoms with Gasteiger partial charge in [0.15, 0.2) is 0 Å². The van der Waals surface area contributed by atoms with E-state index in [4.69, 9.17) is 14.2 Å². The molecule has 0 aliphatic carbocycles. The molecule has 0 saturated heterocycles. The summed E-state index contributed by atoms with van der Waals surface area (Å²) in [6, 6.07) is 0. The van der Waals surface area contributed by atoms with Crippen LogP contribution < -0.4 is 5.32 Å². The third-order valence-electron chi connectivity index (χ3n) is 2.11. The molecule has 98 valence electrons. The van der Waals surface area contributed by atoms with Crippen LogP contribution in [0.3, 0.4) is 0 Å². The molecule has 0 heterocycles. The van der Waals surface area contributed by atoms with Gasteiger partial charge in [-0.05, 0) is 26.3 Å². The maximum atomic E-state index is 5.58. The molecule has 0 aliphatic rings. The number of ether oxygens (including phenoxy) is 3.